The van der Waals surface area contributed by atoms with Gasteiger partial charge >= 0.3 is 5.97 Å². The highest BCUT2D eigenvalue weighted by atomic mass is 127. The molecule has 0 heterocycles. The highest BCUT2D eigenvalue weighted by molar-refractivity contribution is 14.1. The van der Waals surface area contributed by atoms with E-state index in [1.54, 1.807) is 6.07 Å². The Bertz CT molecular complexity index is 354. The summed E-state index contributed by atoms with van der Waals surface area (Å²) >= 11 is 5.00. The van der Waals surface area contributed by atoms with Crippen molar-refractivity contribution in [2.75, 3.05) is 7.11 Å². The van der Waals surface area contributed by atoms with Crippen LogP contribution >= 0.6 is 38.5 Å². The first kappa shape index (κ1) is 10.9. The van der Waals surface area contributed by atoms with Crippen molar-refractivity contribution in [2.45, 2.75) is 0 Å². The Balaban J connectivity index is 3.26. The summed E-state index contributed by atoms with van der Waals surface area (Å²) < 4.78 is 18.8. The smallest absolute Gasteiger partial charge is 0.340 e. The lowest BCUT2D eigenvalue weighted by molar-refractivity contribution is 0.0595. The number of halogens is 3. The lowest BCUT2D eigenvalue weighted by Gasteiger charge is -2.03. The quantitative estimate of drug-likeness (QED) is 0.438. The summed E-state index contributed by atoms with van der Waals surface area (Å²) in [7, 11) is 1.22. The van der Waals surface area contributed by atoms with E-state index in [0.29, 0.717) is 3.57 Å². The number of carbonyl (C=O) groups excluding carboxylic acids is 1. The molecule has 0 bridgehead atoms. The van der Waals surface area contributed by atoms with E-state index in [4.69, 9.17) is 0 Å². The molecule has 0 fully saturated rings. The van der Waals surface area contributed by atoms with Crippen molar-refractivity contribution in [2.24, 2.45) is 0 Å². The average Bonchev–Trinajstić information content (AvgIpc) is 2.13. The molecule has 1 rings (SSSR count). The molecule has 70 valence electrons. The SMILES string of the molecule is COC(=O)c1ccc(I)c(Br)c1F. The molecule has 0 saturated heterocycles. The maximum Gasteiger partial charge on any atom is 0.340 e. The maximum absolute atomic E-state index is 13.3. The fraction of sp³-hybridized carbons (Fsp3) is 0.125. The van der Waals surface area contributed by atoms with Crippen LogP contribution in [0.15, 0.2) is 16.6 Å². The van der Waals surface area contributed by atoms with Crippen molar-refractivity contribution in [3.63, 3.8) is 0 Å². The summed E-state index contributed by atoms with van der Waals surface area (Å²) in [5.74, 6) is -1.26. The van der Waals surface area contributed by atoms with Crippen molar-refractivity contribution in [1.82, 2.24) is 0 Å². The normalized spacial score (nSPS) is 9.85. The second kappa shape index (κ2) is 4.36. The predicted octanol–water partition coefficient (Wildman–Crippen LogP) is 2.98. The molecule has 5 heteroatoms. The first-order chi connectivity index (χ1) is 6.07. The van der Waals surface area contributed by atoms with Gasteiger partial charge in [-0.05, 0) is 50.7 Å². The Morgan fingerprint density at radius 3 is 2.77 bits per heavy atom. The fourth-order valence-corrected chi connectivity index (χ4v) is 1.56. The summed E-state index contributed by atoms with van der Waals surface area (Å²) in [6, 6.07) is 3.04. The number of benzene rings is 1. The molecular weight excluding hydrogens is 354 g/mol. The van der Waals surface area contributed by atoms with Crippen LogP contribution in [0.25, 0.3) is 0 Å². The minimum absolute atomic E-state index is 0.0604. The van der Waals surface area contributed by atoms with Gasteiger partial charge in [0.15, 0.2) is 5.82 Å². The first-order valence-electron chi connectivity index (χ1n) is 3.29. The van der Waals surface area contributed by atoms with E-state index in [1.165, 1.54) is 13.2 Å². The summed E-state index contributed by atoms with van der Waals surface area (Å²) in [6.45, 7) is 0. The molecule has 0 aliphatic heterocycles. The molecule has 1 aromatic carbocycles. The van der Waals surface area contributed by atoms with Crippen LogP contribution in [-0.4, -0.2) is 13.1 Å². The second-order valence-electron chi connectivity index (χ2n) is 2.21. The van der Waals surface area contributed by atoms with Gasteiger partial charge in [0.2, 0.25) is 0 Å². The second-order valence-corrected chi connectivity index (χ2v) is 4.17. The molecule has 13 heavy (non-hydrogen) atoms. The molecule has 0 radical (unpaired) electrons. The number of carbonyl (C=O) groups is 1. The Labute approximate surface area is 96.7 Å². The Morgan fingerprint density at radius 1 is 1.62 bits per heavy atom. The third-order valence-corrected chi connectivity index (χ3v) is 3.86. The van der Waals surface area contributed by atoms with Crippen LogP contribution in [0, 0.1) is 9.39 Å². The van der Waals surface area contributed by atoms with Gasteiger partial charge in [-0.2, -0.15) is 0 Å². The number of esters is 1. The van der Waals surface area contributed by atoms with Crippen LogP contribution in [0.1, 0.15) is 10.4 Å². The van der Waals surface area contributed by atoms with E-state index in [1.807, 2.05) is 22.6 Å². The van der Waals surface area contributed by atoms with Crippen molar-refractivity contribution in [1.29, 1.82) is 0 Å². The maximum atomic E-state index is 13.3. The highest BCUT2D eigenvalue weighted by Crippen LogP contribution is 2.25. The van der Waals surface area contributed by atoms with Gasteiger partial charge in [0.25, 0.3) is 0 Å². The summed E-state index contributed by atoms with van der Waals surface area (Å²) in [5, 5.41) is 0. The fourth-order valence-electron chi connectivity index (χ4n) is 0.794. The van der Waals surface area contributed by atoms with Crippen LogP contribution in [0.5, 0.6) is 0 Å². The first-order valence-corrected chi connectivity index (χ1v) is 5.17. The monoisotopic (exact) mass is 358 g/mol. The lowest BCUT2D eigenvalue weighted by Crippen LogP contribution is -2.05. The molecule has 0 atom stereocenters. The standard InChI is InChI=1S/C8H5BrFIO2/c1-13-8(12)4-2-3-5(11)6(9)7(4)10/h2-3H,1H3. The Kier molecular flexibility index (Phi) is 3.66. The van der Waals surface area contributed by atoms with Gasteiger partial charge in [-0.25, -0.2) is 9.18 Å². The highest BCUT2D eigenvalue weighted by Gasteiger charge is 2.15. The van der Waals surface area contributed by atoms with Crippen LogP contribution in [-0.2, 0) is 4.74 Å². The van der Waals surface area contributed by atoms with E-state index >= 15 is 0 Å². The topological polar surface area (TPSA) is 26.3 Å². The summed E-state index contributed by atoms with van der Waals surface area (Å²) in [4.78, 5) is 11.0. The third kappa shape index (κ3) is 2.19. The van der Waals surface area contributed by atoms with Gasteiger partial charge in [0.05, 0.1) is 17.1 Å². The van der Waals surface area contributed by atoms with Gasteiger partial charge in [0, 0.05) is 3.57 Å². The van der Waals surface area contributed by atoms with E-state index in [0.717, 1.165) is 0 Å². The van der Waals surface area contributed by atoms with E-state index in [9.17, 15) is 9.18 Å². The number of ether oxygens (including phenoxy) is 1. The summed E-state index contributed by atoms with van der Waals surface area (Å²) in [6.07, 6.45) is 0. The molecule has 0 saturated carbocycles. The zero-order chi connectivity index (χ0) is 10.0. The predicted molar refractivity (Wildman–Crippen MR) is 58.2 cm³/mol. The molecule has 0 spiro atoms. The molecule has 0 N–H and O–H groups in total. The zero-order valence-corrected chi connectivity index (χ0v) is 10.3. The van der Waals surface area contributed by atoms with E-state index < -0.39 is 11.8 Å². The van der Waals surface area contributed by atoms with Crippen LogP contribution in [0.3, 0.4) is 0 Å². The third-order valence-electron chi connectivity index (χ3n) is 1.44. The number of rotatable bonds is 1. The lowest BCUT2D eigenvalue weighted by atomic mass is 10.2. The Morgan fingerprint density at radius 2 is 2.23 bits per heavy atom. The van der Waals surface area contributed by atoms with Crippen molar-refractivity contribution in [3.8, 4) is 0 Å². The molecule has 0 aliphatic rings. The van der Waals surface area contributed by atoms with Crippen molar-refractivity contribution < 1.29 is 13.9 Å². The zero-order valence-electron chi connectivity index (χ0n) is 6.61. The van der Waals surface area contributed by atoms with Crippen molar-refractivity contribution in [3.05, 3.63) is 31.6 Å². The van der Waals surface area contributed by atoms with Gasteiger partial charge < -0.3 is 4.74 Å². The van der Waals surface area contributed by atoms with Crippen LogP contribution in [0.2, 0.25) is 0 Å². The number of methoxy groups -OCH3 is 1. The molecule has 1 aromatic rings. The van der Waals surface area contributed by atoms with Crippen LogP contribution in [0.4, 0.5) is 4.39 Å². The minimum atomic E-state index is -0.672. The van der Waals surface area contributed by atoms with Gasteiger partial charge in [-0.15, -0.1) is 0 Å². The van der Waals surface area contributed by atoms with Crippen molar-refractivity contribution >= 4 is 44.5 Å². The molecule has 0 unspecified atom stereocenters. The van der Waals surface area contributed by atoms with Crippen LogP contribution < -0.4 is 0 Å². The van der Waals surface area contributed by atoms with Gasteiger partial charge in [-0.3, -0.25) is 0 Å². The average molecular weight is 359 g/mol. The number of hydrogen-bond donors (Lipinski definition) is 0. The minimum Gasteiger partial charge on any atom is -0.465 e. The molecular formula is C8H5BrFIO2. The van der Waals surface area contributed by atoms with Gasteiger partial charge in [-0.1, -0.05) is 0 Å². The molecule has 0 aromatic heterocycles. The molecule has 0 aliphatic carbocycles. The van der Waals surface area contributed by atoms with E-state index in [2.05, 4.69) is 20.7 Å². The number of hydrogen-bond acceptors (Lipinski definition) is 2. The van der Waals surface area contributed by atoms with E-state index in [-0.39, 0.29) is 10.0 Å². The molecule has 0 amide bonds. The van der Waals surface area contributed by atoms with Gasteiger partial charge in [0.1, 0.15) is 0 Å². The largest absolute Gasteiger partial charge is 0.465 e. The molecule has 2 nitrogen and oxygen atoms in total. The Hall–Kier alpha value is -0.170. The summed E-state index contributed by atoms with van der Waals surface area (Å²) in [5.41, 5.74) is -0.0604.